The summed E-state index contributed by atoms with van der Waals surface area (Å²) < 4.78 is 13.4. The Morgan fingerprint density at radius 1 is 1.12 bits per heavy atom. The highest BCUT2D eigenvalue weighted by Gasteiger charge is 2.09. The van der Waals surface area contributed by atoms with Crippen molar-refractivity contribution < 1.29 is 9.50 Å². The Bertz CT molecular complexity index is 909. The van der Waals surface area contributed by atoms with E-state index < -0.39 is 11.9 Å². The number of rotatable bonds is 5. The van der Waals surface area contributed by atoms with Gasteiger partial charge in [-0.15, -0.1) is 0 Å². The van der Waals surface area contributed by atoms with E-state index in [4.69, 9.17) is 5.26 Å². The molecule has 3 aromatic rings. The van der Waals surface area contributed by atoms with Gasteiger partial charge in [-0.2, -0.15) is 5.26 Å². The minimum Gasteiger partial charge on any atom is -0.387 e. The quantitative estimate of drug-likeness (QED) is 0.748. The molecule has 25 heavy (non-hydrogen) atoms. The molecule has 0 aliphatic heterocycles. The number of aliphatic hydroxyl groups excluding tert-OH is 1. The van der Waals surface area contributed by atoms with Gasteiger partial charge in [0.2, 0.25) is 0 Å². The Kier molecular flexibility index (Phi) is 4.97. The van der Waals surface area contributed by atoms with E-state index in [2.05, 4.69) is 15.3 Å². The molecule has 5 nitrogen and oxygen atoms in total. The number of aromatic nitrogens is 2. The third kappa shape index (κ3) is 3.97. The summed E-state index contributed by atoms with van der Waals surface area (Å²) in [5, 5.41) is 22.2. The van der Waals surface area contributed by atoms with Gasteiger partial charge in [-0.1, -0.05) is 30.3 Å². The standard InChI is InChI=1S/C19H15FN4O/c20-16-7-6-14(8-15(16)10-21)17-9-19(24-12-23-17)22-11-18(25)13-4-2-1-3-5-13/h1-9,12,18,25H,11H2,(H,22,23,24)/t18-/m1/s1. The monoisotopic (exact) mass is 334 g/mol. The lowest BCUT2D eigenvalue weighted by molar-refractivity contribution is 0.191. The van der Waals surface area contributed by atoms with Crippen LogP contribution in [0.2, 0.25) is 0 Å². The SMILES string of the molecule is N#Cc1cc(-c2cc(NC[C@@H](O)c3ccccc3)ncn2)ccc1F. The molecule has 0 saturated carbocycles. The number of nitrogens with zero attached hydrogens (tertiary/aromatic N) is 3. The molecule has 0 amide bonds. The van der Waals surface area contributed by atoms with Crippen LogP contribution >= 0.6 is 0 Å². The second-order valence-corrected chi connectivity index (χ2v) is 5.40. The van der Waals surface area contributed by atoms with Crippen LogP contribution in [0.15, 0.2) is 60.9 Å². The van der Waals surface area contributed by atoms with Crippen LogP contribution in [0.1, 0.15) is 17.2 Å². The summed E-state index contributed by atoms with van der Waals surface area (Å²) in [5.41, 5.74) is 1.95. The Morgan fingerprint density at radius 2 is 1.92 bits per heavy atom. The number of nitrogens with one attached hydrogen (secondary N) is 1. The molecule has 124 valence electrons. The normalized spacial score (nSPS) is 11.6. The highest BCUT2D eigenvalue weighted by atomic mass is 19.1. The molecule has 0 saturated heterocycles. The van der Waals surface area contributed by atoms with E-state index in [0.717, 1.165) is 5.56 Å². The minimum atomic E-state index is -0.671. The zero-order valence-corrected chi connectivity index (χ0v) is 13.2. The molecule has 3 rings (SSSR count). The van der Waals surface area contributed by atoms with Crippen LogP contribution in [0.5, 0.6) is 0 Å². The summed E-state index contributed by atoms with van der Waals surface area (Å²) in [5.74, 6) is -0.0348. The molecule has 0 fully saturated rings. The zero-order valence-electron chi connectivity index (χ0n) is 13.2. The summed E-state index contributed by atoms with van der Waals surface area (Å²) >= 11 is 0. The average Bonchev–Trinajstić information content (AvgIpc) is 2.67. The van der Waals surface area contributed by atoms with Gasteiger partial charge in [0, 0.05) is 18.2 Å². The number of aliphatic hydroxyl groups is 1. The summed E-state index contributed by atoms with van der Waals surface area (Å²) in [6, 6.07) is 17.0. The lowest BCUT2D eigenvalue weighted by Crippen LogP contribution is -2.13. The van der Waals surface area contributed by atoms with Gasteiger partial charge in [0.15, 0.2) is 0 Å². The highest BCUT2D eigenvalue weighted by molar-refractivity contribution is 5.64. The molecule has 2 aromatic carbocycles. The Labute approximate surface area is 144 Å². The maximum absolute atomic E-state index is 13.4. The van der Waals surface area contributed by atoms with Crippen LogP contribution in [-0.2, 0) is 0 Å². The second-order valence-electron chi connectivity index (χ2n) is 5.40. The first-order chi connectivity index (χ1) is 12.2. The Balaban J connectivity index is 1.75. The van der Waals surface area contributed by atoms with Gasteiger partial charge in [-0.05, 0) is 23.8 Å². The Morgan fingerprint density at radius 3 is 2.68 bits per heavy atom. The third-order valence-electron chi connectivity index (χ3n) is 3.71. The van der Waals surface area contributed by atoms with Gasteiger partial charge in [-0.25, -0.2) is 14.4 Å². The highest BCUT2D eigenvalue weighted by Crippen LogP contribution is 2.22. The predicted molar refractivity (Wildman–Crippen MR) is 92.0 cm³/mol. The van der Waals surface area contributed by atoms with Gasteiger partial charge in [0.1, 0.15) is 24.0 Å². The lowest BCUT2D eigenvalue weighted by atomic mass is 10.1. The van der Waals surface area contributed by atoms with Crippen molar-refractivity contribution in [3.05, 3.63) is 77.9 Å². The molecule has 6 heteroatoms. The average molecular weight is 334 g/mol. The Hall–Kier alpha value is -3.30. The molecule has 0 bridgehead atoms. The van der Waals surface area contributed by atoms with Crippen molar-refractivity contribution in [2.24, 2.45) is 0 Å². The first-order valence-corrected chi connectivity index (χ1v) is 7.66. The smallest absolute Gasteiger partial charge is 0.140 e. The van der Waals surface area contributed by atoms with Gasteiger partial charge < -0.3 is 10.4 Å². The first-order valence-electron chi connectivity index (χ1n) is 7.66. The first kappa shape index (κ1) is 16.6. The fourth-order valence-electron chi connectivity index (χ4n) is 2.38. The topological polar surface area (TPSA) is 81.8 Å². The molecule has 1 heterocycles. The van der Waals surface area contributed by atoms with Crippen molar-refractivity contribution in [3.8, 4) is 17.3 Å². The molecule has 0 unspecified atom stereocenters. The summed E-state index contributed by atoms with van der Waals surface area (Å²) in [7, 11) is 0. The molecular formula is C19H15FN4O. The van der Waals surface area contributed by atoms with Crippen LogP contribution in [-0.4, -0.2) is 21.6 Å². The van der Waals surface area contributed by atoms with E-state index >= 15 is 0 Å². The number of benzene rings is 2. The van der Waals surface area contributed by atoms with Crippen LogP contribution in [0.3, 0.4) is 0 Å². The van der Waals surface area contributed by atoms with Gasteiger partial charge in [-0.3, -0.25) is 0 Å². The van der Waals surface area contributed by atoms with E-state index in [9.17, 15) is 9.50 Å². The number of hydrogen-bond acceptors (Lipinski definition) is 5. The van der Waals surface area contributed by atoms with E-state index in [0.29, 0.717) is 17.1 Å². The number of halogens is 1. The summed E-state index contributed by atoms with van der Waals surface area (Å²) in [6.45, 7) is 0.285. The largest absolute Gasteiger partial charge is 0.387 e. The molecule has 0 aliphatic carbocycles. The second kappa shape index (κ2) is 7.51. The van der Waals surface area contributed by atoms with E-state index in [1.807, 2.05) is 36.4 Å². The number of nitriles is 1. The third-order valence-corrected chi connectivity index (χ3v) is 3.71. The van der Waals surface area contributed by atoms with Gasteiger partial charge in [0.25, 0.3) is 0 Å². The molecule has 0 spiro atoms. The molecule has 0 aliphatic rings. The number of anilines is 1. The maximum Gasteiger partial charge on any atom is 0.140 e. The van der Waals surface area contributed by atoms with Crippen LogP contribution in [0.25, 0.3) is 11.3 Å². The molecule has 0 radical (unpaired) electrons. The maximum atomic E-state index is 13.4. The van der Waals surface area contributed by atoms with Crippen LogP contribution < -0.4 is 5.32 Å². The predicted octanol–water partition coefficient (Wildman–Crippen LogP) is 3.30. The zero-order chi connectivity index (χ0) is 17.6. The van der Waals surface area contributed by atoms with E-state index in [1.165, 1.54) is 18.5 Å². The van der Waals surface area contributed by atoms with E-state index in [-0.39, 0.29) is 12.1 Å². The fraction of sp³-hybridized carbons (Fsp3) is 0.105. The van der Waals surface area contributed by atoms with Crippen molar-refractivity contribution >= 4 is 5.82 Å². The van der Waals surface area contributed by atoms with Crippen LogP contribution in [0.4, 0.5) is 10.2 Å². The summed E-state index contributed by atoms with van der Waals surface area (Å²) in [4.78, 5) is 8.27. The fourth-order valence-corrected chi connectivity index (χ4v) is 2.38. The van der Waals surface area contributed by atoms with Crippen LogP contribution in [0, 0.1) is 17.1 Å². The van der Waals surface area contributed by atoms with Crippen molar-refractivity contribution in [3.63, 3.8) is 0 Å². The van der Waals surface area contributed by atoms with Crippen molar-refractivity contribution in [1.29, 1.82) is 5.26 Å². The molecular weight excluding hydrogens is 319 g/mol. The van der Waals surface area contributed by atoms with Crippen molar-refractivity contribution in [2.75, 3.05) is 11.9 Å². The molecule has 1 aromatic heterocycles. The minimum absolute atomic E-state index is 0.0369. The lowest BCUT2D eigenvalue weighted by Gasteiger charge is -2.13. The summed E-state index contributed by atoms with van der Waals surface area (Å²) in [6.07, 6.45) is 0.706. The van der Waals surface area contributed by atoms with Crippen molar-refractivity contribution in [1.82, 2.24) is 9.97 Å². The molecule has 2 N–H and O–H groups in total. The van der Waals surface area contributed by atoms with E-state index in [1.54, 1.807) is 12.1 Å². The number of hydrogen-bond donors (Lipinski definition) is 2. The van der Waals surface area contributed by atoms with Gasteiger partial charge >= 0.3 is 0 Å². The van der Waals surface area contributed by atoms with Gasteiger partial charge in [0.05, 0.1) is 17.4 Å². The van der Waals surface area contributed by atoms with Crippen molar-refractivity contribution in [2.45, 2.75) is 6.10 Å². The molecule has 1 atom stereocenters.